The highest BCUT2D eigenvalue weighted by molar-refractivity contribution is 5.25. The van der Waals surface area contributed by atoms with Crippen molar-refractivity contribution in [1.82, 2.24) is 9.97 Å². The molecule has 0 fully saturated rings. The summed E-state index contributed by atoms with van der Waals surface area (Å²) in [7, 11) is 0. The average molecular weight is 165 g/mol. The summed E-state index contributed by atoms with van der Waals surface area (Å²) in [6.07, 6.45) is 1.60. The minimum atomic E-state index is 0.422. The molecule has 0 bridgehead atoms. The Kier molecular flexibility index (Phi) is 2.76. The number of rotatable bonds is 2. The van der Waals surface area contributed by atoms with E-state index >= 15 is 0 Å². The van der Waals surface area contributed by atoms with Gasteiger partial charge in [-0.2, -0.15) is 0 Å². The number of nitrogens with two attached hydrogens (primary N) is 1. The average Bonchev–Trinajstić information content (AvgIpc) is 2.03. The summed E-state index contributed by atoms with van der Waals surface area (Å²) in [4.78, 5) is 8.32. The lowest BCUT2D eigenvalue weighted by Gasteiger charge is -2.10. The Morgan fingerprint density at radius 3 is 2.50 bits per heavy atom. The molecule has 3 nitrogen and oxygen atoms in total. The van der Waals surface area contributed by atoms with Crippen LogP contribution < -0.4 is 5.73 Å². The monoisotopic (exact) mass is 165 g/mol. The Hall–Kier alpha value is -0.960. The van der Waals surface area contributed by atoms with E-state index in [4.69, 9.17) is 5.73 Å². The lowest BCUT2D eigenvalue weighted by molar-refractivity contribution is 0.776. The predicted molar refractivity (Wildman–Crippen MR) is 48.7 cm³/mol. The zero-order valence-electron chi connectivity index (χ0n) is 7.83. The molecule has 1 rings (SSSR count). The van der Waals surface area contributed by atoms with Gasteiger partial charge in [0.15, 0.2) is 0 Å². The second-order valence-corrected chi connectivity index (χ2v) is 3.18. The highest BCUT2D eigenvalue weighted by Gasteiger charge is 2.09. The van der Waals surface area contributed by atoms with Gasteiger partial charge < -0.3 is 5.73 Å². The molecule has 1 heterocycles. The van der Waals surface area contributed by atoms with Crippen LogP contribution in [-0.2, 0) is 6.54 Å². The molecule has 0 amide bonds. The van der Waals surface area contributed by atoms with Crippen molar-refractivity contribution in [2.24, 2.45) is 5.73 Å². The summed E-state index contributed by atoms with van der Waals surface area (Å²) < 4.78 is 0. The van der Waals surface area contributed by atoms with Gasteiger partial charge in [0.2, 0.25) is 0 Å². The third-order valence-corrected chi connectivity index (χ3v) is 1.95. The van der Waals surface area contributed by atoms with Gasteiger partial charge in [0, 0.05) is 17.8 Å². The number of nitrogens with zero attached hydrogens (tertiary/aromatic N) is 2. The van der Waals surface area contributed by atoms with E-state index in [0.717, 1.165) is 17.0 Å². The first kappa shape index (κ1) is 9.13. The van der Waals surface area contributed by atoms with Gasteiger partial charge in [-0.15, -0.1) is 0 Å². The summed E-state index contributed by atoms with van der Waals surface area (Å²) in [5.74, 6) is 0.422. The van der Waals surface area contributed by atoms with E-state index in [2.05, 4.69) is 23.8 Å². The van der Waals surface area contributed by atoms with Crippen LogP contribution in [0.1, 0.15) is 36.7 Å². The van der Waals surface area contributed by atoms with E-state index in [1.807, 2.05) is 6.92 Å². The van der Waals surface area contributed by atoms with Gasteiger partial charge in [0.1, 0.15) is 6.33 Å². The van der Waals surface area contributed by atoms with Gasteiger partial charge in [0.05, 0.1) is 5.69 Å². The minimum Gasteiger partial charge on any atom is -0.326 e. The van der Waals surface area contributed by atoms with Gasteiger partial charge in [-0.1, -0.05) is 13.8 Å². The van der Waals surface area contributed by atoms with E-state index < -0.39 is 0 Å². The molecule has 2 N–H and O–H groups in total. The van der Waals surface area contributed by atoms with Crippen LogP contribution in [0.4, 0.5) is 0 Å². The molecule has 0 atom stereocenters. The molecule has 0 spiro atoms. The molecular weight excluding hydrogens is 150 g/mol. The van der Waals surface area contributed by atoms with Crippen molar-refractivity contribution in [3.05, 3.63) is 23.3 Å². The number of aryl methyl sites for hydroxylation is 1. The molecule has 0 saturated heterocycles. The molecule has 3 heteroatoms. The fraction of sp³-hybridized carbons (Fsp3) is 0.556. The molecule has 0 unspecified atom stereocenters. The van der Waals surface area contributed by atoms with Crippen LogP contribution in [0.15, 0.2) is 6.33 Å². The lowest BCUT2D eigenvalue weighted by atomic mass is 10.0. The zero-order valence-corrected chi connectivity index (χ0v) is 7.83. The quantitative estimate of drug-likeness (QED) is 0.720. The van der Waals surface area contributed by atoms with Crippen LogP contribution in [0.5, 0.6) is 0 Å². The predicted octanol–water partition coefficient (Wildman–Crippen LogP) is 1.37. The molecule has 0 saturated carbocycles. The number of aromatic nitrogens is 2. The van der Waals surface area contributed by atoms with Crippen LogP contribution in [-0.4, -0.2) is 9.97 Å². The smallest absolute Gasteiger partial charge is 0.115 e. The molecule has 0 aromatic carbocycles. The van der Waals surface area contributed by atoms with Crippen molar-refractivity contribution in [2.45, 2.75) is 33.2 Å². The molecule has 1 aromatic heterocycles. The van der Waals surface area contributed by atoms with Gasteiger partial charge in [-0.05, 0) is 12.8 Å². The van der Waals surface area contributed by atoms with Crippen molar-refractivity contribution in [2.75, 3.05) is 0 Å². The Bertz CT molecular complexity index is 268. The van der Waals surface area contributed by atoms with Crippen LogP contribution in [0.3, 0.4) is 0 Å². The fourth-order valence-corrected chi connectivity index (χ4v) is 1.27. The lowest BCUT2D eigenvalue weighted by Crippen LogP contribution is -2.08. The maximum Gasteiger partial charge on any atom is 0.115 e. The molecule has 0 aliphatic rings. The molecule has 66 valence electrons. The molecule has 12 heavy (non-hydrogen) atoms. The van der Waals surface area contributed by atoms with E-state index in [-0.39, 0.29) is 0 Å². The third kappa shape index (κ3) is 1.61. The van der Waals surface area contributed by atoms with E-state index in [1.54, 1.807) is 6.33 Å². The third-order valence-electron chi connectivity index (χ3n) is 1.95. The first-order chi connectivity index (χ1) is 5.66. The van der Waals surface area contributed by atoms with Crippen molar-refractivity contribution in [1.29, 1.82) is 0 Å². The van der Waals surface area contributed by atoms with Crippen molar-refractivity contribution >= 4 is 0 Å². The summed E-state index contributed by atoms with van der Waals surface area (Å²) >= 11 is 0. The second-order valence-electron chi connectivity index (χ2n) is 3.18. The standard InChI is InChI=1S/C9H15N3/c1-6(2)9-8(4-10)7(3)11-5-12-9/h5-6H,4,10H2,1-3H3. The van der Waals surface area contributed by atoms with Crippen LogP contribution in [0.25, 0.3) is 0 Å². The van der Waals surface area contributed by atoms with Crippen LogP contribution in [0.2, 0.25) is 0 Å². The summed E-state index contributed by atoms with van der Waals surface area (Å²) in [5.41, 5.74) is 8.77. The second kappa shape index (κ2) is 3.63. The van der Waals surface area contributed by atoms with Gasteiger partial charge in [0.25, 0.3) is 0 Å². The highest BCUT2D eigenvalue weighted by atomic mass is 14.8. The maximum absolute atomic E-state index is 5.61. The summed E-state index contributed by atoms with van der Waals surface area (Å²) in [5, 5.41) is 0. The molecule has 0 aliphatic carbocycles. The van der Waals surface area contributed by atoms with E-state index in [1.165, 1.54) is 0 Å². The molecule has 1 aromatic rings. The van der Waals surface area contributed by atoms with E-state index in [0.29, 0.717) is 12.5 Å². The SMILES string of the molecule is Cc1ncnc(C(C)C)c1CN. The van der Waals surface area contributed by atoms with Crippen LogP contribution >= 0.6 is 0 Å². The van der Waals surface area contributed by atoms with Crippen LogP contribution in [0, 0.1) is 6.92 Å². The summed E-state index contributed by atoms with van der Waals surface area (Å²) in [6.45, 7) is 6.72. The van der Waals surface area contributed by atoms with Gasteiger partial charge >= 0.3 is 0 Å². The van der Waals surface area contributed by atoms with Crippen molar-refractivity contribution in [3.8, 4) is 0 Å². The first-order valence-corrected chi connectivity index (χ1v) is 4.17. The molecule has 0 radical (unpaired) electrons. The molecule has 0 aliphatic heterocycles. The normalized spacial score (nSPS) is 10.8. The van der Waals surface area contributed by atoms with E-state index in [9.17, 15) is 0 Å². The topological polar surface area (TPSA) is 51.8 Å². The van der Waals surface area contributed by atoms with Gasteiger partial charge in [-0.25, -0.2) is 9.97 Å². The largest absolute Gasteiger partial charge is 0.326 e. The molecular formula is C9H15N3. The Labute approximate surface area is 73.0 Å². The Balaban J connectivity index is 3.18. The van der Waals surface area contributed by atoms with Crippen molar-refractivity contribution in [3.63, 3.8) is 0 Å². The Morgan fingerprint density at radius 1 is 1.42 bits per heavy atom. The highest BCUT2D eigenvalue weighted by Crippen LogP contribution is 2.17. The fourth-order valence-electron chi connectivity index (χ4n) is 1.27. The summed E-state index contributed by atoms with van der Waals surface area (Å²) in [6, 6.07) is 0. The first-order valence-electron chi connectivity index (χ1n) is 4.17. The zero-order chi connectivity index (χ0) is 9.14. The van der Waals surface area contributed by atoms with Gasteiger partial charge in [-0.3, -0.25) is 0 Å². The Morgan fingerprint density at radius 2 is 2.08 bits per heavy atom. The maximum atomic E-state index is 5.61. The van der Waals surface area contributed by atoms with Crippen molar-refractivity contribution < 1.29 is 0 Å². The number of hydrogen-bond donors (Lipinski definition) is 1. The number of hydrogen-bond acceptors (Lipinski definition) is 3. The minimum absolute atomic E-state index is 0.422.